The lowest BCUT2D eigenvalue weighted by Gasteiger charge is -2.11. The number of nitrogens with one attached hydrogen (secondary N) is 1. The van der Waals surface area contributed by atoms with Crippen molar-refractivity contribution in [2.45, 2.75) is 24.4 Å². The fraction of sp³-hybridized carbons (Fsp3) is 0.235. The minimum absolute atomic E-state index is 0.0722. The Hall–Kier alpha value is -2.35. The Morgan fingerprint density at radius 2 is 1.68 bits per heavy atom. The minimum Gasteiger partial charge on any atom is -0.326 e. The Bertz CT molecular complexity index is 888. The molecule has 0 spiro atoms. The molecule has 25 heavy (non-hydrogen) atoms. The topological polar surface area (TPSA) is 63.2 Å². The van der Waals surface area contributed by atoms with Gasteiger partial charge in [-0.25, -0.2) is 8.42 Å². The van der Waals surface area contributed by atoms with Crippen LogP contribution in [0.15, 0.2) is 47.4 Å². The Labute approximate surface area is 143 Å². The number of carbonyl (C=O) groups is 1. The third kappa shape index (κ3) is 5.06. The van der Waals surface area contributed by atoms with Gasteiger partial charge in [-0.3, -0.25) is 4.79 Å². The highest BCUT2D eigenvalue weighted by atomic mass is 32.2. The number of anilines is 1. The smallest absolute Gasteiger partial charge is 0.326 e. The number of amides is 1. The summed E-state index contributed by atoms with van der Waals surface area (Å²) in [5, 5.41) is 2.59. The Balaban J connectivity index is 2.13. The average Bonchev–Trinajstić information content (AvgIpc) is 2.48. The zero-order valence-electron chi connectivity index (χ0n) is 13.5. The highest BCUT2D eigenvalue weighted by molar-refractivity contribution is 7.90. The van der Waals surface area contributed by atoms with E-state index in [0.29, 0.717) is 16.8 Å². The summed E-state index contributed by atoms with van der Waals surface area (Å²) in [5.41, 5.74) is 0.656. The van der Waals surface area contributed by atoms with Crippen molar-refractivity contribution >= 4 is 21.4 Å². The molecule has 0 heterocycles. The zero-order valence-corrected chi connectivity index (χ0v) is 14.3. The van der Waals surface area contributed by atoms with Gasteiger partial charge in [0, 0.05) is 11.9 Å². The monoisotopic (exact) mass is 371 g/mol. The molecular weight excluding hydrogens is 355 g/mol. The Kier molecular flexibility index (Phi) is 5.22. The molecule has 0 radical (unpaired) electrons. The first-order valence-corrected chi connectivity index (χ1v) is 9.12. The van der Waals surface area contributed by atoms with Crippen molar-refractivity contribution in [1.29, 1.82) is 0 Å². The van der Waals surface area contributed by atoms with Crippen LogP contribution in [0.1, 0.15) is 16.7 Å². The van der Waals surface area contributed by atoms with Crippen molar-refractivity contribution < 1.29 is 26.4 Å². The summed E-state index contributed by atoms with van der Waals surface area (Å²) in [6.45, 7) is 1.71. The number of sulfone groups is 1. The van der Waals surface area contributed by atoms with Gasteiger partial charge >= 0.3 is 6.18 Å². The van der Waals surface area contributed by atoms with Crippen molar-refractivity contribution in [3.05, 3.63) is 59.2 Å². The number of benzene rings is 2. The summed E-state index contributed by atoms with van der Waals surface area (Å²) < 4.78 is 60.7. The molecule has 0 unspecified atom stereocenters. The minimum atomic E-state index is -4.43. The number of hydrogen-bond donors (Lipinski definition) is 1. The Morgan fingerprint density at radius 3 is 2.20 bits per heavy atom. The van der Waals surface area contributed by atoms with E-state index in [1.54, 1.807) is 13.0 Å². The van der Waals surface area contributed by atoms with Crippen LogP contribution in [0.5, 0.6) is 0 Å². The maximum absolute atomic E-state index is 12.5. The first kappa shape index (κ1) is 19.0. The molecule has 0 aliphatic heterocycles. The lowest BCUT2D eigenvalue weighted by molar-refractivity contribution is -0.137. The molecule has 0 fully saturated rings. The summed E-state index contributed by atoms with van der Waals surface area (Å²) in [5.74, 6) is -0.450. The summed E-state index contributed by atoms with van der Waals surface area (Å²) in [6.07, 6.45) is -3.49. The standard InChI is InChI=1S/C17H16F3NO3S/c1-11-3-8-14(25(2,23)24)10-15(11)21-16(22)9-12-4-6-13(7-5-12)17(18,19)20/h3-8,10H,9H2,1-2H3,(H,21,22). The van der Waals surface area contributed by atoms with Crippen LogP contribution >= 0.6 is 0 Å². The molecule has 0 aliphatic rings. The van der Waals surface area contributed by atoms with E-state index in [4.69, 9.17) is 0 Å². The van der Waals surface area contributed by atoms with Crippen LogP contribution in [0.4, 0.5) is 18.9 Å². The predicted octanol–water partition coefficient (Wildman–Crippen LogP) is 3.60. The van der Waals surface area contributed by atoms with Gasteiger partial charge < -0.3 is 5.32 Å². The van der Waals surface area contributed by atoms with Crippen molar-refractivity contribution in [3.63, 3.8) is 0 Å². The lowest BCUT2D eigenvalue weighted by Crippen LogP contribution is -2.16. The van der Waals surface area contributed by atoms with E-state index in [9.17, 15) is 26.4 Å². The molecule has 2 aromatic rings. The first-order chi connectivity index (χ1) is 11.5. The molecular formula is C17H16F3NO3S. The maximum Gasteiger partial charge on any atom is 0.416 e. The molecule has 0 saturated carbocycles. The second-order valence-corrected chi connectivity index (χ2v) is 7.68. The van der Waals surface area contributed by atoms with Gasteiger partial charge in [0.25, 0.3) is 0 Å². The van der Waals surface area contributed by atoms with E-state index >= 15 is 0 Å². The zero-order chi connectivity index (χ0) is 18.8. The molecule has 1 N–H and O–H groups in total. The molecule has 1 amide bonds. The van der Waals surface area contributed by atoms with E-state index in [1.807, 2.05) is 0 Å². The van der Waals surface area contributed by atoms with E-state index in [-0.39, 0.29) is 11.3 Å². The van der Waals surface area contributed by atoms with Crippen LogP contribution in [-0.2, 0) is 27.2 Å². The van der Waals surface area contributed by atoms with Crippen LogP contribution in [0.25, 0.3) is 0 Å². The molecule has 4 nitrogen and oxygen atoms in total. The molecule has 0 saturated heterocycles. The van der Waals surface area contributed by atoms with Gasteiger partial charge in [-0.15, -0.1) is 0 Å². The molecule has 0 atom stereocenters. The van der Waals surface area contributed by atoms with Crippen LogP contribution < -0.4 is 5.32 Å². The average molecular weight is 371 g/mol. The third-order valence-electron chi connectivity index (χ3n) is 3.56. The summed E-state index contributed by atoms with van der Waals surface area (Å²) in [4.78, 5) is 12.2. The van der Waals surface area contributed by atoms with Crippen molar-refractivity contribution in [1.82, 2.24) is 0 Å². The largest absolute Gasteiger partial charge is 0.416 e. The first-order valence-electron chi connectivity index (χ1n) is 7.23. The van der Waals surface area contributed by atoms with Gasteiger partial charge in [0.1, 0.15) is 0 Å². The number of halogens is 3. The van der Waals surface area contributed by atoms with Gasteiger partial charge in [-0.2, -0.15) is 13.2 Å². The van der Waals surface area contributed by atoms with Gasteiger partial charge in [0.2, 0.25) is 5.91 Å². The SMILES string of the molecule is Cc1ccc(S(C)(=O)=O)cc1NC(=O)Cc1ccc(C(F)(F)F)cc1. The quantitative estimate of drug-likeness (QED) is 0.893. The van der Waals surface area contributed by atoms with E-state index in [1.165, 1.54) is 24.3 Å². The Morgan fingerprint density at radius 1 is 1.08 bits per heavy atom. The summed E-state index contributed by atoms with van der Waals surface area (Å²) in [6, 6.07) is 8.68. The van der Waals surface area contributed by atoms with Crippen LogP contribution in [0.3, 0.4) is 0 Å². The van der Waals surface area contributed by atoms with Gasteiger partial charge in [0.15, 0.2) is 9.84 Å². The van der Waals surface area contributed by atoms with Gasteiger partial charge in [-0.05, 0) is 42.3 Å². The number of alkyl halides is 3. The third-order valence-corrected chi connectivity index (χ3v) is 4.67. The molecule has 0 aliphatic carbocycles. The number of aryl methyl sites for hydroxylation is 1. The van der Waals surface area contributed by atoms with Gasteiger partial charge in [0.05, 0.1) is 16.9 Å². The molecule has 134 valence electrons. The number of hydrogen-bond acceptors (Lipinski definition) is 3. The van der Waals surface area contributed by atoms with Crippen molar-refractivity contribution in [2.75, 3.05) is 11.6 Å². The fourth-order valence-corrected chi connectivity index (χ4v) is 2.80. The lowest BCUT2D eigenvalue weighted by atomic mass is 10.1. The highest BCUT2D eigenvalue weighted by Crippen LogP contribution is 2.29. The highest BCUT2D eigenvalue weighted by Gasteiger charge is 2.29. The normalized spacial score (nSPS) is 12.0. The van der Waals surface area contributed by atoms with Crippen LogP contribution in [-0.4, -0.2) is 20.6 Å². The van der Waals surface area contributed by atoms with E-state index in [2.05, 4.69) is 5.32 Å². The van der Waals surface area contributed by atoms with Crippen molar-refractivity contribution in [2.24, 2.45) is 0 Å². The number of carbonyl (C=O) groups excluding carboxylic acids is 1. The summed E-state index contributed by atoms with van der Waals surface area (Å²) in [7, 11) is -3.41. The second-order valence-electron chi connectivity index (χ2n) is 5.67. The predicted molar refractivity (Wildman–Crippen MR) is 88.1 cm³/mol. The molecule has 2 rings (SSSR count). The maximum atomic E-state index is 12.5. The number of rotatable bonds is 4. The van der Waals surface area contributed by atoms with Gasteiger partial charge in [-0.1, -0.05) is 18.2 Å². The van der Waals surface area contributed by atoms with Crippen LogP contribution in [0.2, 0.25) is 0 Å². The fourth-order valence-electron chi connectivity index (χ4n) is 2.16. The second kappa shape index (κ2) is 6.87. The van der Waals surface area contributed by atoms with E-state index in [0.717, 1.165) is 18.4 Å². The van der Waals surface area contributed by atoms with Crippen LogP contribution in [0, 0.1) is 6.92 Å². The molecule has 0 aromatic heterocycles. The van der Waals surface area contributed by atoms with Crippen molar-refractivity contribution in [3.8, 4) is 0 Å². The molecule has 8 heteroatoms. The molecule has 0 bridgehead atoms. The summed E-state index contributed by atoms with van der Waals surface area (Å²) >= 11 is 0. The molecule has 2 aromatic carbocycles. The van der Waals surface area contributed by atoms with E-state index < -0.39 is 27.5 Å².